The summed E-state index contributed by atoms with van der Waals surface area (Å²) < 4.78 is 51.7. The van der Waals surface area contributed by atoms with E-state index in [1.807, 2.05) is 0 Å². The molecule has 0 saturated carbocycles. The Morgan fingerprint density at radius 1 is 1.18 bits per heavy atom. The lowest BCUT2D eigenvalue weighted by atomic mass is 9.74. The van der Waals surface area contributed by atoms with E-state index in [2.05, 4.69) is 9.83 Å². The van der Waals surface area contributed by atoms with Crippen molar-refractivity contribution in [2.75, 3.05) is 13.2 Å². The molecule has 0 bridgehead atoms. The van der Waals surface area contributed by atoms with Gasteiger partial charge in [0.25, 0.3) is 5.09 Å². The number of rotatable bonds is 8. The van der Waals surface area contributed by atoms with Crippen LogP contribution < -0.4 is 0 Å². The molecule has 1 aliphatic heterocycles. The van der Waals surface area contributed by atoms with Crippen LogP contribution in [-0.4, -0.2) is 42.1 Å². The highest BCUT2D eigenvalue weighted by Crippen LogP contribution is 2.45. The van der Waals surface area contributed by atoms with Gasteiger partial charge in [0.15, 0.2) is 0 Å². The summed E-state index contributed by atoms with van der Waals surface area (Å²) in [5.74, 6) is -4.64. The number of benzene rings is 1. The molecule has 2 rings (SSSR count). The van der Waals surface area contributed by atoms with E-state index >= 15 is 0 Å². The summed E-state index contributed by atoms with van der Waals surface area (Å²) >= 11 is 0. The minimum Gasteiger partial charge on any atom is -0.462 e. The molecule has 1 aliphatic rings. The molecule has 0 fully saturated rings. The third-order valence-corrected chi connectivity index (χ3v) is 4.77. The van der Waals surface area contributed by atoms with Gasteiger partial charge in [-0.05, 0) is 39.3 Å². The van der Waals surface area contributed by atoms with Crippen LogP contribution in [0.3, 0.4) is 0 Å². The van der Waals surface area contributed by atoms with Crippen LogP contribution in [0.25, 0.3) is 0 Å². The van der Waals surface area contributed by atoms with Gasteiger partial charge in [0.2, 0.25) is 0 Å². The molecule has 0 radical (unpaired) electrons. The Balaban J connectivity index is 2.60. The number of esters is 2. The summed E-state index contributed by atoms with van der Waals surface area (Å²) in [5, 5.41) is 9.19. The fraction of sp³-hybridized carbons (Fsp3) is 0.476. The van der Waals surface area contributed by atoms with Gasteiger partial charge < -0.3 is 14.3 Å². The highest BCUT2D eigenvalue weighted by Gasteiger charge is 2.46. The van der Waals surface area contributed by atoms with Gasteiger partial charge in [0, 0.05) is 17.3 Å². The Bertz CT molecular complexity index is 986. The number of ether oxygens (including phenoxy) is 2. The van der Waals surface area contributed by atoms with Crippen LogP contribution in [0, 0.1) is 16.0 Å². The van der Waals surface area contributed by atoms with Crippen LogP contribution in [0.1, 0.15) is 44.7 Å². The second-order valence-corrected chi connectivity index (χ2v) is 7.47. The number of carbonyl (C=O) groups excluding carboxylic acids is 2. The Labute approximate surface area is 187 Å². The molecule has 12 heteroatoms. The van der Waals surface area contributed by atoms with Crippen LogP contribution in [0.5, 0.6) is 0 Å². The van der Waals surface area contributed by atoms with Gasteiger partial charge in [-0.15, -0.1) is 10.1 Å². The lowest BCUT2D eigenvalue weighted by molar-refractivity contribution is -0.757. The SMILES string of the molecule is CC1=NC(C)=C(C(=O)OCCO[N+](=O)[O-])C(c2ccccc2C(F)(F)F)C1C(=O)OC(C)C. The van der Waals surface area contributed by atoms with Crippen LogP contribution in [0.15, 0.2) is 40.5 Å². The third kappa shape index (κ3) is 6.30. The zero-order valence-electron chi connectivity index (χ0n) is 18.3. The van der Waals surface area contributed by atoms with Crippen molar-refractivity contribution in [1.29, 1.82) is 0 Å². The highest BCUT2D eigenvalue weighted by molar-refractivity contribution is 6.07. The number of nitrogens with zero attached hydrogens (tertiary/aromatic N) is 2. The van der Waals surface area contributed by atoms with Gasteiger partial charge in [-0.3, -0.25) is 9.79 Å². The molecule has 0 N–H and O–H groups in total. The van der Waals surface area contributed by atoms with Gasteiger partial charge in [0.1, 0.15) is 19.1 Å². The monoisotopic (exact) mass is 472 g/mol. The molecule has 1 aromatic carbocycles. The smallest absolute Gasteiger partial charge is 0.416 e. The van der Waals surface area contributed by atoms with Crippen LogP contribution in [-0.2, 0) is 30.1 Å². The van der Waals surface area contributed by atoms with Gasteiger partial charge in [-0.1, -0.05) is 18.2 Å². The lowest BCUT2D eigenvalue weighted by Gasteiger charge is -2.33. The molecule has 0 aromatic heterocycles. The summed E-state index contributed by atoms with van der Waals surface area (Å²) in [6.45, 7) is 4.92. The Hall–Kier alpha value is -3.44. The van der Waals surface area contributed by atoms with Crippen molar-refractivity contribution >= 4 is 17.7 Å². The van der Waals surface area contributed by atoms with Crippen molar-refractivity contribution < 1.29 is 42.2 Å². The molecule has 0 saturated heterocycles. The zero-order valence-corrected chi connectivity index (χ0v) is 18.3. The normalized spacial score (nSPS) is 18.6. The van der Waals surface area contributed by atoms with Crippen molar-refractivity contribution in [3.8, 4) is 0 Å². The van der Waals surface area contributed by atoms with E-state index in [1.165, 1.54) is 32.0 Å². The quantitative estimate of drug-likeness (QED) is 0.244. The lowest BCUT2D eigenvalue weighted by Crippen LogP contribution is -2.38. The molecule has 2 unspecified atom stereocenters. The van der Waals surface area contributed by atoms with Crippen LogP contribution in [0.4, 0.5) is 13.2 Å². The maximum atomic E-state index is 13.8. The van der Waals surface area contributed by atoms with E-state index in [0.717, 1.165) is 6.07 Å². The van der Waals surface area contributed by atoms with Crippen molar-refractivity contribution in [1.82, 2.24) is 0 Å². The second kappa shape index (κ2) is 10.5. The minimum absolute atomic E-state index is 0.0586. The summed E-state index contributed by atoms with van der Waals surface area (Å²) in [6, 6.07) is 4.59. The Morgan fingerprint density at radius 3 is 2.39 bits per heavy atom. The second-order valence-electron chi connectivity index (χ2n) is 7.47. The van der Waals surface area contributed by atoms with Crippen molar-refractivity contribution in [3.63, 3.8) is 0 Å². The average molecular weight is 472 g/mol. The maximum absolute atomic E-state index is 13.8. The van der Waals surface area contributed by atoms with E-state index in [1.54, 1.807) is 13.8 Å². The number of carbonyl (C=O) groups is 2. The number of halogens is 3. The first-order valence-corrected chi connectivity index (χ1v) is 9.91. The summed E-state index contributed by atoms with van der Waals surface area (Å²) in [5.41, 5.74) is -1.39. The molecule has 33 heavy (non-hydrogen) atoms. The van der Waals surface area contributed by atoms with E-state index in [-0.39, 0.29) is 22.5 Å². The molecule has 0 aliphatic carbocycles. The van der Waals surface area contributed by atoms with E-state index < -0.39 is 59.9 Å². The van der Waals surface area contributed by atoms with E-state index in [4.69, 9.17) is 9.47 Å². The predicted octanol–water partition coefficient (Wildman–Crippen LogP) is 3.86. The van der Waals surface area contributed by atoms with E-state index in [0.29, 0.717) is 0 Å². The first kappa shape index (κ1) is 25.8. The molecule has 1 aromatic rings. The predicted molar refractivity (Wildman–Crippen MR) is 109 cm³/mol. The maximum Gasteiger partial charge on any atom is 0.416 e. The standard InChI is InChI=1S/C21H23F3N2O7/c1-11(2)33-20(28)17-13(4)25-12(3)16(19(27)31-9-10-32-26(29)30)18(17)14-7-5-6-8-15(14)21(22,23)24/h5-8,11,17-18H,9-10H2,1-4H3. The highest BCUT2D eigenvalue weighted by atomic mass is 19.4. The number of hydrogen-bond acceptors (Lipinski definition) is 8. The van der Waals surface area contributed by atoms with Gasteiger partial charge >= 0.3 is 18.1 Å². The number of alkyl halides is 3. The van der Waals surface area contributed by atoms with Crippen LogP contribution in [0.2, 0.25) is 0 Å². The first-order valence-electron chi connectivity index (χ1n) is 9.91. The molecule has 0 spiro atoms. The fourth-order valence-electron chi connectivity index (χ4n) is 3.60. The molecule has 2 atom stereocenters. The average Bonchev–Trinajstić information content (AvgIpc) is 2.69. The largest absolute Gasteiger partial charge is 0.462 e. The van der Waals surface area contributed by atoms with Gasteiger partial charge in [-0.25, -0.2) is 4.79 Å². The summed E-state index contributed by atoms with van der Waals surface area (Å²) in [6.07, 6.45) is -5.33. The van der Waals surface area contributed by atoms with E-state index in [9.17, 15) is 32.9 Å². The molecule has 1 heterocycles. The number of allylic oxidation sites excluding steroid dienone is 1. The minimum atomic E-state index is -4.77. The number of aliphatic imine (C=N–C) groups is 1. The molecular formula is C21H23F3N2O7. The van der Waals surface area contributed by atoms with Crippen molar-refractivity contribution in [2.45, 2.75) is 45.9 Å². The Kier molecular flexibility index (Phi) is 8.18. The first-order chi connectivity index (χ1) is 15.3. The topological polar surface area (TPSA) is 117 Å². The van der Waals surface area contributed by atoms with Gasteiger partial charge in [-0.2, -0.15) is 13.2 Å². The van der Waals surface area contributed by atoms with Crippen LogP contribution >= 0.6 is 0 Å². The molecule has 180 valence electrons. The molecule has 9 nitrogen and oxygen atoms in total. The van der Waals surface area contributed by atoms with Crippen molar-refractivity contribution in [2.24, 2.45) is 10.9 Å². The Morgan fingerprint density at radius 2 is 1.82 bits per heavy atom. The summed E-state index contributed by atoms with van der Waals surface area (Å²) in [7, 11) is 0. The molecular weight excluding hydrogens is 449 g/mol. The number of hydrogen-bond donors (Lipinski definition) is 0. The van der Waals surface area contributed by atoms with Crippen molar-refractivity contribution in [3.05, 3.63) is 56.8 Å². The van der Waals surface area contributed by atoms with Gasteiger partial charge in [0.05, 0.1) is 17.2 Å². The zero-order chi connectivity index (χ0) is 24.9. The third-order valence-electron chi connectivity index (χ3n) is 4.77. The summed E-state index contributed by atoms with van der Waals surface area (Å²) in [4.78, 5) is 44.3. The fourth-order valence-corrected chi connectivity index (χ4v) is 3.60. The molecule has 0 amide bonds.